The average Bonchev–Trinajstić information content (AvgIpc) is 2.95. The summed E-state index contributed by atoms with van der Waals surface area (Å²) in [6.45, 7) is 2.66. The Morgan fingerprint density at radius 3 is 2.54 bits per heavy atom. The van der Waals surface area contributed by atoms with Crippen LogP contribution in [0.25, 0.3) is 0 Å². The maximum Gasteiger partial charge on any atom is 0.249 e. The third kappa shape index (κ3) is 3.82. The van der Waals surface area contributed by atoms with Crippen molar-refractivity contribution in [3.8, 4) is 0 Å². The second-order valence-electron chi connectivity index (χ2n) is 6.22. The summed E-state index contributed by atoms with van der Waals surface area (Å²) in [6, 6.07) is 17.4. The van der Waals surface area contributed by atoms with Gasteiger partial charge in [-0.05, 0) is 37.5 Å². The van der Waals surface area contributed by atoms with Crippen LogP contribution < -0.4 is 10.2 Å². The van der Waals surface area contributed by atoms with E-state index in [1.807, 2.05) is 61.5 Å². The normalized spacial score (nSPS) is 17.1. The molecule has 4 nitrogen and oxygen atoms in total. The zero-order chi connectivity index (χ0) is 16.9. The Morgan fingerprint density at radius 1 is 1.12 bits per heavy atom. The summed E-state index contributed by atoms with van der Waals surface area (Å²) in [5.41, 5.74) is 3.19. The van der Waals surface area contributed by atoms with Crippen LogP contribution in [-0.2, 0) is 16.0 Å². The third-order valence-corrected chi connectivity index (χ3v) is 4.37. The van der Waals surface area contributed by atoms with Crippen molar-refractivity contribution in [1.82, 2.24) is 5.32 Å². The summed E-state index contributed by atoms with van der Waals surface area (Å²) in [5, 5.41) is 2.88. The first-order valence-electron chi connectivity index (χ1n) is 8.35. The number of nitrogens with one attached hydrogen (secondary N) is 1. The van der Waals surface area contributed by atoms with Gasteiger partial charge in [0.25, 0.3) is 0 Å². The highest BCUT2D eigenvalue weighted by Gasteiger charge is 2.33. The van der Waals surface area contributed by atoms with Gasteiger partial charge in [-0.2, -0.15) is 0 Å². The van der Waals surface area contributed by atoms with Crippen molar-refractivity contribution in [2.45, 2.75) is 32.2 Å². The lowest BCUT2D eigenvalue weighted by atomic mass is 10.1. The molecule has 0 unspecified atom stereocenters. The first-order valence-corrected chi connectivity index (χ1v) is 8.35. The molecule has 4 heteroatoms. The first-order chi connectivity index (χ1) is 11.6. The van der Waals surface area contributed by atoms with E-state index in [0.29, 0.717) is 25.8 Å². The Kier molecular flexibility index (Phi) is 4.94. The van der Waals surface area contributed by atoms with Crippen LogP contribution in [0.3, 0.4) is 0 Å². The van der Waals surface area contributed by atoms with Crippen molar-refractivity contribution >= 4 is 17.5 Å². The van der Waals surface area contributed by atoms with Crippen LogP contribution >= 0.6 is 0 Å². The maximum absolute atomic E-state index is 12.5. The minimum absolute atomic E-state index is 0.0214. The van der Waals surface area contributed by atoms with E-state index >= 15 is 0 Å². The Balaban J connectivity index is 1.53. The monoisotopic (exact) mass is 322 g/mol. The largest absolute Gasteiger partial charge is 0.344 e. The molecule has 3 rings (SSSR count). The van der Waals surface area contributed by atoms with E-state index in [-0.39, 0.29) is 11.8 Å². The highest BCUT2D eigenvalue weighted by Crippen LogP contribution is 2.22. The molecule has 0 aliphatic carbocycles. The van der Waals surface area contributed by atoms with Gasteiger partial charge < -0.3 is 10.2 Å². The fourth-order valence-corrected chi connectivity index (χ4v) is 2.96. The number of nitrogens with zero attached hydrogens (tertiary/aromatic N) is 1. The van der Waals surface area contributed by atoms with Crippen LogP contribution in [0, 0.1) is 6.92 Å². The number of anilines is 1. The van der Waals surface area contributed by atoms with Crippen molar-refractivity contribution < 1.29 is 9.59 Å². The van der Waals surface area contributed by atoms with E-state index in [1.165, 1.54) is 0 Å². The standard InChI is InChI=1S/C20H22N2O2/c1-15-7-10-17(11-8-15)22-14-13-18(20(22)24)21-19(23)12-9-16-5-3-2-4-6-16/h2-8,10-11,18H,9,12-14H2,1H3,(H,21,23)/t18-/m0/s1. The summed E-state index contributed by atoms with van der Waals surface area (Å²) < 4.78 is 0. The summed E-state index contributed by atoms with van der Waals surface area (Å²) in [6.07, 6.45) is 1.75. The van der Waals surface area contributed by atoms with E-state index in [9.17, 15) is 9.59 Å². The quantitative estimate of drug-likeness (QED) is 0.920. The predicted molar refractivity (Wildman–Crippen MR) is 94.8 cm³/mol. The lowest BCUT2D eigenvalue weighted by molar-refractivity contribution is -0.126. The van der Waals surface area contributed by atoms with E-state index in [1.54, 1.807) is 4.90 Å². The van der Waals surface area contributed by atoms with Crippen LogP contribution in [0.15, 0.2) is 54.6 Å². The molecule has 0 spiro atoms. The molecule has 1 fully saturated rings. The van der Waals surface area contributed by atoms with Gasteiger partial charge in [-0.1, -0.05) is 48.0 Å². The molecule has 1 atom stereocenters. The molecule has 0 radical (unpaired) electrons. The van der Waals surface area contributed by atoms with Gasteiger partial charge in [0, 0.05) is 18.7 Å². The van der Waals surface area contributed by atoms with Gasteiger partial charge >= 0.3 is 0 Å². The van der Waals surface area contributed by atoms with Crippen molar-refractivity contribution in [2.24, 2.45) is 0 Å². The summed E-state index contributed by atoms with van der Waals surface area (Å²) >= 11 is 0. The number of hydrogen-bond donors (Lipinski definition) is 1. The molecule has 2 aromatic carbocycles. The number of carbonyl (C=O) groups is 2. The summed E-state index contributed by atoms with van der Waals surface area (Å²) in [5.74, 6) is -0.0881. The molecule has 24 heavy (non-hydrogen) atoms. The number of rotatable bonds is 5. The summed E-state index contributed by atoms with van der Waals surface area (Å²) in [7, 11) is 0. The Morgan fingerprint density at radius 2 is 1.83 bits per heavy atom. The molecule has 2 aromatic rings. The van der Waals surface area contributed by atoms with Gasteiger partial charge in [0.1, 0.15) is 6.04 Å². The minimum Gasteiger partial charge on any atom is -0.344 e. The number of benzene rings is 2. The zero-order valence-electron chi connectivity index (χ0n) is 13.9. The van der Waals surface area contributed by atoms with Gasteiger partial charge in [-0.25, -0.2) is 0 Å². The molecule has 1 aliphatic heterocycles. The maximum atomic E-state index is 12.5. The lowest BCUT2D eigenvalue weighted by Gasteiger charge is -2.17. The SMILES string of the molecule is Cc1ccc(N2CC[C@H](NC(=O)CCc3ccccc3)C2=O)cc1. The molecule has 1 heterocycles. The van der Waals surface area contributed by atoms with Crippen LogP contribution in [0.1, 0.15) is 24.0 Å². The van der Waals surface area contributed by atoms with Crippen LogP contribution in [0.5, 0.6) is 0 Å². The van der Waals surface area contributed by atoms with Gasteiger partial charge in [-0.15, -0.1) is 0 Å². The van der Waals surface area contributed by atoms with Crippen LogP contribution in [-0.4, -0.2) is 24.4 Å². The number of hydrogen-bond acceptors (Lipinski definition) is 2. The van der Waals surface area contributed by atoms with E-state index in [0.717, 1.165) is 16.8 Å². The molecule has 0 saturated carbocycles. The Hall–Kier alpha value is -2.62. The second kappa shape index (κ2) is 7.30. The van der Waals surface area contributed by atoms with Crippen molar-refractivity contribution in [2.75, 3.05) is 11.4 Å². The molecule has 0 bridgehead atoms. The minimum atomic E-state index is -0.408. The topological polar surface area (TPSA) is 49.4 Å². The highest BCUT2D eigenvalue weighted by atomic mass is 16.2. The smallest absolute Gasteiger partial charge is 0.249 e. The molecule has 1 N–H and O–H groups in total. The average molecular weight is 322 g/mol. The molecule has 2 amide bonds. The van der Waals surface area contributed by atoms with Crippen molar-refractivity contribution in [3.05, 3.63) is 65.7 Å². The molecule has 124 valence electrons. The predicted octanol–water partition coefficient (Wildman–Crippen LogP) is 2.85. The highest BCUT2D eigenvalue weighted by molar-refractivity contribution is 6.01. The molecule has 0 aromatic heterocycles. The molecule has 1 aliphatic rings. The third-order valence-electron chi connectivity index (χ3n) is 4.37. The fraction of sp³-hybridized carbons (Fsp3) is 0.300. The summed E-state index contributed by atoms with van der Waals surface area (Å²) in [4.78, 5) is 26.4. The van der Waals surface area contributed by atoms with Crippen molar-refractivity contribution in [1.29, 1.82) is 0 Å². The van der Waals surface area contributed by atoms with Crippen molar-refractivity contribution in [3.63, 3.8) is 0 Å². The number of aryl methyl sites for hydroxylation is 2. The van der Waals surface area contributed by atoms with Crippen LogP contribution in [0.2, 0.25) is 0 Å². The van der Waals surface area contributed by atoms with E-state index in [4.69, 9.17) is 0 Å². The Labute approximate surface area is 142 Å². The number of amides is 2. The molecular weight excluding hydrogens is 300 g/mol. The van der Waals surface area contributed by atoms with E-state index < -0.39 is 6.04 Å². The number of carbonyl (C=O) groups excluding carboxylic acids is 2. The van der Waals surface area contributed by atoms with E-state index in [2.05, 4.69) is 5.32 Å². The lowest BCUT2D eigenvalue weighted by Crippen LogP contribution is -2.41. The first kappa shape index (κ1) is 16.2. The second-order valence-corrected chi connectivity index (χ2v) is 6.22. The Bertz CT molecular complexity index is 710. The van der Waals surface area contributed by atoms with Gasteiger partial charge in [0.15, 0.2) is 0 Å². The van der Waals surface area contributed by atoms with Gasteiger partial charge in [0.05, 0.1) is 0 Å². The van der Waals surface area contributed by atoms with Crippen LogP contribution in [0.4, 0.5) is 5.69 Å². The fourth-order valence-electron chi connectivity index (χ4n) is 2.96. The van der Waals surface area contributed by atoms with Gasteiger partial charge in [-0.3, -0.25) is 9.59 Å². The molecular formula is C20H22N2O2. The zero-order valence-corrected chi connectivity index (χ0v) is 13.9. The molecule has 1 saturated heterocycles. The van der Waals surface area contributed by atoms with Gasteiger partial charge in [0.2, 0.25) is 11.8 Å².